The van der Waals surface area contributed by atoms with Crippen LogP contribution < -0.4 is 4.90 Å². The highest BCUT2D eigenvalue weighted by Crippen LogP contribution is 2.50. The molecule has 0 saturated carbocycles. The van der Waals surface area contributed by atoms with Gasteiger partial charge in [0.1, 0.15) is 0 Å². The lowest BCUT2D eigenvalue weighted by atomic mass is 9.71. The van der Waals surface area contributed by atoms with Crippen LogP contribution >= 0.6 is 15.9 Å². The third kappa shape index (κ3) is 3.18. The summed E-state index contributed by atoms with van der Waals surface area (Å²) in [6.07, 6.45) is 4.57. The Labute approximate surface area is 185 Å². The summed E-state index contributed by atoms with van der Waals surface area (Å²) in [6.45, 7) is 2.08. The number of anilines is 1. The number of ketones is 2. The maximum absolute atomic E-state index is 13.3. The Balaban J connectivity index is 1.79. The Morgan fingerprint density at radius 1 is 0.833 bits per heavy atom. The van der Waals surface area contributed by atoms with E-state index < -0.39 is 0 Å². The SMILES string of the molecule is Cc1ccc(N2C3=C(C(=O)CCC3)C(c3cccc(Br)c3)C3=C2CCCC3=O)cc1. The van der Waals surface area contributed by atoms with Crippen molar-refractivity contribution in [1.29, 1.82) is 0 Å². The molecule has 0 spiro atoms. The minimum Gasteiger partial charge on any atom is -0.317 e. The molecule has 0 bridgehead atoms. The summed E-state index contributed by atoms with van der Waals surface area (Å²) in [5.74, 6) is 0.112. The van der Waals surface area contributed by atoms with Crippen LogP contribution in [-0.2, 0) is 9.59 Å². The van der Waals surface area contributed by atoms with Crippen LogP contribution in [0.5, 0.6) is 0 Å². The molecular formula is C26H24BrNO2. The zero-order valence-corrected chi connectivity index (χ0v) is 18.7. The predicted molar refractivity (Wildman–Crippen MR) is 122 cm³/mol. The monoisotopic (exact) mass is 461 g/mol. The Kier molecular flexibility index (Phi) is 4.98. The molecule has 0 atom stereocenters. The number of Topliss-reactive ketones (excluding diaryl/α,β-unsaturated/α-hetero) is 2. The second-order valence-corrected chi connectivity index (χ2v) is 9.35. The molecule has 3 nitrogen and oxygen atoms in total. The molecule has 5 rings (SSSR count). The summed E-state index contributed by atoms with van der Waals surface area (Å²) in [4.78, 5) is 28.8. The fourth-order valence-electron chi connectivity index (χ4n) is 5.15. The number of rotatable bonds is 2. The maximum atomic E-state index is 13.3. The minimum absolute atomic E-state index is 0.184. The van der Waals surface area contributed by atoms with Gasteiger partial charge < -0.3 is 4.90 Å². The number of halogens is 1. The quantitative estimate of drug-likeness (QED) is 0.520. The Bertz CT molecular complexity index is 1070. The molecule has 0 unspecified atom stereocenters. The van der Waals surface area contributed by atoms with Crippen molar-refractivity contribution in [3.05, 3.63) is 86.7 Å². The number of hydrogen-bond donors (Lipinski definition) is 0. The summed E-state index contributed by atoms with van der Waals surface area (Å²) >= 11 is 3.58. The number of carbonyl (C=O) groups excluding carboxylic acids is 2. The molecule has 0 fully saturated rings. The van der Waals surface area contributed by atoms with E-state index in [-0.39, 0.29) is 17.5 Å². The lowest BCUT2D eigenvalue weighted by Crippen LogP contribution is -2.39. The molecule has 0 aromatic heterocycles. The van der Waals surface area contributed by atoms with Gasteiger partial charge in [0.2, 0.25) is 0 Å². The molecular weight excluding hydrogens is 438 g/mol. The predicted octanol–water partition coefficient (Wildman–Crippen LogP) is 6.38. The molecule has 152 valence electrons. The van der Waals surface area contributed by atoms with Crippen LogP contribution in [-0.4, -0.2) is 11.6 Å². The van der Waals surface area contributed by atoms with Crippen molar-refractivity contribution >= 4 is 33.2 Å². The zero-order valence-electron chi connectivity index (χ0n) is 17.1. The van der Waals surface area contributed by atoms with Gasteiger partial charge in [-0.2, -0.15) is 0 Å². The van der Waals surface area contributed by atoms with Crippen molar-refractivity contribution < 1.29 is 9.59 Å². The standard InChI is InChI=1S/C26H24BrNO2/c1-16-11-13-19(14-12-16)28-20-7-3-9-22(29)25(20)24(17-5-2-6-18(27)15-17)26-21(28)8-4-10-23(26)30/h2,5-6,11-15,24H,3-4,7-10H2,1H3. The van der Waals surface area contributed by atoms with Gasteiger partial charge in [-0.1, -0.05) is 45.8 Å². The van der Waals surface area contributed by atoms with Gasteiger partial charge in [-0.15, -0.1) is 0 Å². The lowest BCUT2D eigenvalue weighted by molar-refractivity contribution is -0.116. The van der Waals surface area contributed by atoms with Crippen molar-refractivity contribution in [3.63, 3.8) is 0 Å². The Morgan fingerprint density at radius 3 is 2.00 bits per heavy atom. The van der Waals surface area contributed by atoms with Crippen molar-refractivity contribution in [2.24, 2.45) is 0 Å². The molecule has 0 saturated heterocycles. The Hall–Kier alpha value is -2.46. The van der Waals surface area contributed by atoms with E-state index in [1.54, 1.807) is 0 Å². The maximum Gasteiger partial charge on any atom is 0.161 e. The van der Waals surface area contributed by atoms with E-state index in [4.69, 9.17) is 0 Å². The number of benzene rings is 2. The van der Waals surface area contributed by atoms with Crippen LogP contribution in [0.2, 0.25) is 0 Å². The Morgan fingerprint density at radius 2 is 1.43 bits per heavy atom. The number of carbonyl (C=O) groups is 2. The highest BCUT2D eigenvalue weighted by atomic mass is 79.9. The highest BCUT2D eigenvalue weighted by molar-refractivity contribution is 9.10. The molecule has 0 radical (unpaired) electrons. The van der Waals surface area contributed by atoms with Crippen LogP contribution in [0.3, 0.4) is 0 Å². The third-order valence-electron chi connectivity index (χ3n) is 6.45. The number of allylic oxidation sites excluding steroid dienone is 4. The number of hydrogen-bond acceptors (Lipinski definition) is 3. The summed E-state index contributed by atoms with van der Waals surface area (Å²) in [5.41, 5.74) is 7.12. The van der Waals surface area contributed by atoms with Gasteiger partial charge in [0.15, 0.2) is 11.6 Å². The van der Waals surface area contributed by atoms with Crippen molar-refractivity contribution in [2.75, 3.05) is 4.90 Å². The summed E-state index contributed by atoms with van der Waals surface area (Å²) in [6, 6.07) is 16.5. The molecule has 1 aliphatic heterocycles. The van der Waals surface area contributed by atoms with Crippen LogP contribution in [0, 0.1) is 6.92 Å². The summed E-state index contributed by atoms with van der Waals surface area (Å²) < 4.78 is 0.969. The van der Waals surface area contributed by atoms with Crippen LogP contribution in [0.4, 0.5) is 5.69 Å². The second kappa shape index (κ2) is 7.66. The number of nitrogens with zero attached hydrogens (tertiary/aromatic N) is 1. The van der Waals surface area contributed by atoms with E-state index >= 15 is 0 Å². The van der Waals surface area contributed by atoms with Gasteiger partial charge in [-0.05, 0) is 62.4 Å². The molecule has 2 aliphatic carbocycles. The lowest BCUT2D eigenvalue weighted by Gasteiger charge is -2.44. The van der Waals surface area contributed by atoms with Gasteiger partial charge in [0.05, 0.1) is 0 Å². The molecule has 3 aliphatic rings. The first kappa shape index (κ1) is 19.5. The minimum atomic E-state index is -0.255. The third-order valence-corrected chi connectivity index (χ3v) is 6.94. The smallest absolute Gasteiger partial charge is 0.161 e. The van der Waals surface area contributed by atoms with Crippen molar-refractivity contribution in [1.82, 2.24) is 0 Å². The summed E-state index contributed by atoms with van der Waals surface area (Å²) in [5, 5.41) is 0. The van der Waals surface area contributed by atoms with Gasteiger partial charge in [-0.3, -0.25) is 9.59 Å². The first-order chi connectivity index (χ1) is 14.5. The first-order valence-electron chi connectivity index (χ1n) is 10.7. The van der Waals surface area contributed by atoms with E-state index in [0.717, 1.165) is 63.9 Å². The van der Waals surface area contributed by atoms with Gasteiger partial charge in [-0.25, -0.2) is 0 Å². The van der Waals surface area contributed by atoms with Crippen LogP contribution in [0.1, 0.15) is 55.6 Å². The largest absolute Gasteiger partial charge is 0.317 e. The van der Waals surface area contributed by atoms with Crippen LogP contribution in [0.15, 0.2) is 75.5 Å². The normalized spacial score (nSPS) is 19.9. The van der Waals surface area contributed by atoms with Crippen molar-refractivity contribution in [2.45, 2.75) is 51.4 Å². The van der Waals surface area contributed by atoms with E-state index in [1.165, 1.54) is 5.56 Å². The van der Waals surface area contributed by atoms with Gasteiger partial charge in [0, 0.05) is 51.5 Å². The number of aryl methyl sites for hydroxylation is 1. The van der Waals surface area contributed by atoms with Crippen molar-refractivity contribution in [3.8, 4) is 0 Å². The molecule has 0 amide bonds. The highest BCUT2D eigenvalue weighted by Gasteiger charge is 2.43. The fourth-order valence-corrected chi connectivity index (χ4v) is 5.56. The molecule has 4 heteroatoms. The molecule has 2 aromatic carbocycles. The van der Waals surface area contributed by atoms with E-state index in [0.29, 0.717) is 12.8 Å². The fraction of sp³-hybridized carbons (Fsp3) is 0.308. The second-order valence-electron chi connectivity index (χ2n) is 8.43. The molecule has 30 heavy (non-hydrogen) atoms. The van der Waals surface area contributed by atoms with E-state index in [2.05, 4.69) is 64.2 Å². The van der Waals surface area contributed by atoms with Crippen LogP contribution in [0.25, 0.3) is 0 Å². The van der Waals surface area contributed by atoms with E-state index in [1.807, 2.05) is 12.1 Å². The summed E-state index contributed by atoms with van der Waals surface area (Å²) in [7, 11) is 0. The van der Waals surface area contributed by atoms with Gasteiger partial charge >= 0.3 is 0 Å². The zero-order chi connectivity index (χ0) is 20.8. The average Bonchev–Trinajstić information content (AvgIpc) is 2.73. The van der Waals surface area contributed by atoms with E-state index in [9.17, 15) is 9.59 Å². The average molecular weight is 462 g/mol. The topological polar surface area (TPSA) is 37.4 Å². The first-order valence-corrected chi connectivity index (χ1v) is 11.5. The molecule has 1 heterocycles. The van der Waals surface area contributed by atoms with Gasteiger partial charge in [0.25, 0.3) is 0 Å². The molecule has 0 N–H and O–H groups in total. The molecule has 2 aromatic rings.